The fourth-order valence-electron chi connectivity index (χ4n) is 4.01. The molecule has 1 aliphatic carbocycles. The third-order valence-corrected chi connectivity index (χ3v) is 5.55. The van der Waals surface area contributed by atoms with Crippen LogP contribution in [0.5, 0.6) is 5.75 Å². The Kier molecular flexibility index (Phi) is 6.57. The summed E-state index contributed by atoms with van der Waals surface area (Å²) in [6.07, 6.45) is 3.60. The standard InChI is InChI=1S/C20H32N2O3/c1-16-6-5-9-19(16)25-15-17(23)14-21-10-12-22(13-11-21)18-7-3-4-8-20(18)24-2/h3-4,7-8,16-17,19,23H,5-6,9-15H2,1-2H3/t16-,17-,19-/m0/s1. The highest BCUT2D eigenvalue weighted by atomic mass is 16.5. The van der Waals surface area contributed by atoms with Crippen molar-refractivity contribution in [2.45, 2.75) is 38.4 Å². The van der Waals surface area contributed by atoms with Crippen LogP contribution >= 0.6 is 0 Å². The van der Waals surface area contributed by atoms with Crippen molar-refractivity contribution in [2.75, 3.05) is 51.3 Å². The molecule has 0 aromatic heterocycles. The molecule has 140 valence electrons. The van der Waals surface area contributed by atoms with Gasteiger partial charge in [-0.2, -0.15) is 0 Å². The molecule has 1 N–H and O–H groups in total. The summed E-state index contributed by atoms with van der Waals surface area (Å²) >= 11 is 0. The molecule has 1 saturated carbocycles. The van der Waals surface area contributed by atoms with Crippen LogP contribution in [-0.2, 0) is 4.74 Å². The van der Waals surface area contributed by atoms with Gasteiger partial charge in [0.15, 0.2) is 0 Å². The quantitative estimate of drug-likeness (QED) is 0.820. The lowest BCUT2D eigenvalue weighted by molar-refractivity contribution is -0.0321. The van der Waals surface area contributed by atoms with Crippen molar-refractivity contribution in [3.63, 3.8) is 0 Å². The van der Waals surface area contributed by atoms with Crippen LogP contribution in [-0.4, -0.2) is 68.7 Å². The first-order valence-corrected chi connectivity index (χ1v) is 9.57. The Morgan fingerprint density at radius 3 is 2.60 bits per heavy atom. The summed E-state index contributed by atoms with van der Waals surface area (Å²) < 4.78 is 11.4. The number of hydrogen-bond donors (Lipinski definition) is 1. The van der Waals surface area contributed by atoms with Gasteiger partial charge in [-0.05, 0) is 30.9 Å². The molecule has 0 amide bonds. The van der Waals surface area contributed by atoms with E-state index in [1.54, 1.807) is 7.11 Å². The lowest BCUT2D eigenvalue weighted by Crippen LogP contribution is -2.49. The van der Waals surface area contributed by atoms with Crippen LogP contribution < -0.4 is 9.64 Å². The van der Waals surface area contributed by atoms with E-state index in [-0.39, 0.29) is 0 Å². The normalized spacial score (nSPS) is 26.0. The van der Waals surface area contributed by atoms with E-state index < -0.39 is 6.10 Å². The van der Waals surface area contributed by atoms with Crippen LogP contribution in [0.15, 0.2) is 24.3 Å². The van der Waals surface area contributed by atoms with E-state index in [1.165, 1.54) is 12.8 Å². The molecule has 5 nitrogen and oxygen atoms in total. The van der Waals surface area contributed by atoms with E-state index in [0.717, 1.165) is 44.0 Å². The maximum absolute atomic E-state index is 10.3. The second kappa shape index (κ2) is 8.88. The Balaban J connectivity index is 1.41. The molecular weight excluding hydrogens is 316 g/mol. The van der Waals surface area contributed by atoms with Crippen LogP contribution in [0.4, 0.5) is 5.69 Å². The van der Waals surface area contributed by atoms with Gasteiger partial charge >= 0.3 is 0 Å². The fraction of sp³-hybridized carbons (Fsp3) is 0.700. The van der Waals surface area contributed by atoms with Crippen molar-refractivity contribution >= 4 is 5.69 Å². The number of piperazine rings is 1. The van der Waals surface area contributed by atoms with E-state index in [4.69, 9.17) is 9.47 Å². The molecule has 2 fully saturated rings. The largest absolute Gasteiger partial charge is 0.495 e. The zero-order valence-corrected chi connectivity index (χ0v) is 15.6. The second-order valence-corrected chi connectivity index (χ2v) is 7.39. The average Bonchev–Trinajstić information content (AvgIpc) is 3.05. The van der Waals surface area contributed by atoms with E-state index in [1.807, 2.05) is 12.1 Å². The number of anilines is 1. The van der Waals surface area contributed by atoms with E-state index >= 15 is 0 Å². The molecule has 5 heteroatoms. The Bertz CT molecular complexity index is 531. The molecule has 25 heavy (non-hydrogen) atoms. The number of rotatable bonds is 7. The molecular formula is C20H32N2O3. The van der Waals surface area contributed by atoms with Crippen molar-refractivity contribution in [2.24, 2.45) is 5.92 Å². The van der Waals surface area contributed by atoms with Crippen molar-refractivity contribution in [3.8, 4) is 5.75 Å². The number of aliphatic hydroxyl groups is 1. The van der Waals surface area contributed by atoms with Gasteiger partial charge < -0.3 is 19.5 Å². The summed E-state index contributed by atoms with van der Waals surface area (Å²) in [5, 5.41) is 10.3. The fourth-order valence-corrected chi connectivity index (χ4v) is 4.01. The minimum Gasteiger partial charge on any atom is -0.495 e. The molecule has 1 heterocycles. The molecule has 1 aromatic rings. The van der Waals surface area contributed by atoms with Crippen LogP contribution in [0.25, 0.3) is 0 Å². The first-order chi connectivity index (χ1) is 12.2. The number of nitrogens with zero attached hydrogens (tertiary/aromatic N) is 2. The summed E-state index contributed by atoms with van der Waals surface area (Å²) in [5.41, 5.74) is 1.16. The number of ether oxygens (including phenoxy) is 2. The highest BCUT2D eigenvalue weighted by Crippen LogP contribution is 2.29. The minimum atomic E-state index is -0.398. The summed E-state index contributed by atoms with van der Waals surface area (Å²) in [4.78, 5) is 4.69. The molecule has 3 rings (SSSR count). The zero-order valence-electron chi connectivity index (χ0n) is 15.6. The SMILES string of the molecule is COc1ccccc1N1CCN(C[C@H](O)CO[C@H]2CCC[C@@H]2C)CC1. The summed E-state index contributed by atoms with van der Waals surface area (Å²) in [5.74, 6) is 1.56. The van der Waals surface area contributed by atoms with Crippen molar-refractivity contribution in [1.82, 2.24) is 4.90 Å². The third-order valence-electron chi connectivity index (χ3n) is 5.55. The molecule has 0 bridgehead atoms. The Morgan fingerprint density at radius 1 is 1.16 bits per heavy atom. The van der Waals surface area contributed by atoms with E-state index in [2.05, 4.69) is 28.9 Å². The third kappa shape index (κ3) is 4.87. The van der Waals surface area contributed by atoms with Crippen LogP contribution in [0.1, 0.15) is 26.2 Å². The Morgan fingerprint density at radius 2 is 1.92 bits per heavy atom. The predicted octanol–water partition coefficient (Wildman–Crippen LogP) is 2.38. The number of benzene rings is 1. The molecule has 2 aliphatic rings. The van der Waals surface area contributed by atoms with Crippen molar-refractivity contribution in [3.05, 3.63) is 24.3 Å². The lowest BCUT2D eigenvalue weighted by atomic mass is 10.1. The number of para-hydroxylation sites is 2. The van der Waals surface area contributed by atoms with Gasteiger partial charge in [-0.15, -0.1) is 0 Å². The van der Waals surface area contributed by atoms with Gasteiger partial charge in [-0.25, -0.2) is 0 Å². The number of aliphatic hydroxyl groups excluding tert-OH is 1. The predicted molar refractivity (Wildman–Crippen MR) is 100 cm³/mol. The van der Waals surface area contributed by atoms with Crippen molar-refractivity contribution < 1.29 is 14.6 Å². The number of hydrogen-bond acceptors (Lipinski definition) is 5. The summed E-state index contributed by atoms with van der Waals surface area (Å²) in [6, 6.07) is 8.17. The van der Waals surface area contributed by atoms with Gasteiger partial charge in [-0.1, -0.05) is 25.5 Å². The maximum Gasteiger partial charge on any atom is 0.142 e. The summed E-state index contributed by atoms with van der Waals surface area (Å²) in [7, 11) is 1.72. The number of methoxy groups -OCH3 is 1. The highest BCUT2D eigenvalue weighted by Gasteiger charge is 2.26. The van der Waals surface area contributed by atoms with Gasteiger partial charge in [0.05, 0.1) is 31.6 Å². The average molecular weight is 348 g/mol. The highest BCUT2D eigenvalue weighted by molar-refractivity contribution is 5.58. The lowest BCUT2D eigenvalue weighted by Gasteiger charge is -2.37. The van der Waals surface area contributed by atoms with Crippen LogP contribution in [0.3, 0.4) is 0 Å². The van der Waals surface area contributed by atoms with Gasteiger partial charge in [0, 0.05) is 32.7 Å². The smallest absolute Gasteiger partial charge is 0.142 e. The van der Waals surface area contributed by atoms with Gasteiger partial charge in [0.1, 0.15) is 5.75 Å². The maximum atomic E-state index is 10.3. The number of β-amino-alcohol motifs (C(OH)–C–C–N with tert-alkyl or cyclic N) is 1. The first kappa shape index (κ1) is 18.5. The summed E-state index contributed by atoms with van der Waals surface area (Å²) in [6.45, 7) is 7.22. The monoisotopic (exact) mass is 348 g/mol. The van der Waals surface area contributed by atoms with Crippen LogP contribution in [0.2, 0.25) is 0 Å². The Hall–Kier alpha value is -1.30. The molecule has 0 radical (unpaired) electrons. The van der Waals surface area contributed by atoms with Crippen LogP contribution in [0, 0.1) is 5.92 Å². The zero-order chi connectivity index (χ0) is 17.6. The van der Waals surface area contributed by atoms with E-state index in [0.29, 0.717) is 25.2 Å². The van der Waals surface area contributed by atoms with Gasteiger partial charge in [0.25, 0.3) is 0 Å². The minimum absolute atomic E-state index is 0.344. The van der Waals surface area contributed by atoms with Gasteiger partial charge in [0.2, 0.25) is 0 Å². The molecule has 0 unspecified atom stereocenters. The van der Waals surface area contributed by atoms with Gasteiger partial charge in [-0.3, -0.25) is 4.90 Å². The molecule has 1 aliphatic heterocycles. The molecule has 1 aromatic carbocycles. The first-order valence-electron chi connectivity index (χ1n) is 9.57. The Labute approximate surface area is 151 Å². The second-order valence-electron chi connectivity index (χ2n) is 7.39. The van der Waals surface area contributed by atoms with E-state index in [9.17, 15) is 5.11 Å². The molecule has 0 spiro atoms. The molecule has 3 atom stereocenters. The van der Waals surface area contributed by atoms with Crippen molar-refractivity contribution in [1.29, 1.82) is 0 Å². The molecule has 1 saturated heterocycles. The topological polar surface area (TPSA) is 45.2 Å².